The van der Waals surface area contributed by atoms with Gasteiger partial charge in [0, 0.05) is 48.9 Å². The molecular weight excluding hydrogens is 556 g/mol. The maximum Gasteiger partial charge on any atom is 0.246 e. The average Bonchev–Trinajstić information content (AvgIpc) is 3.63. The predicted molar refractivity (Wildman–Crippen MR) is 166 cm³/mol. The quantitative estimate of drug-likeness (QED) is 0.231. The molecule has 6 N–H and O–H groups in total. The van der Waals surface area contributed by atoms with E-state index in [0.717, 1.165) is 27.6 Å². The summed E-state index contributed by atoms with van der Waals surface area (Å²) in [7, 11) is 0. The van der Waals surface area contributed by atoms with E-state index in [1.165, 1.54) is 4.90 Å². The summed E-state index contributed by atoms with van der Waals surface area (Å²) in [6, 6.07) is 22.2. The van der Waals surface area contributed by atoms with Crippen LogP contribution in [-0.2, 0) is 38.4 Å². The van der Waals surface area contributed by atoms with Crippen LogP contribution in [0.2, 0.25) is 0 Å². The van der Waals surface area contributed by atoms with Gasteiger partial charge in [-0.3, -0.25) is 19.2 Å². The van der Waals surface area contributed by atoms with Crippen LogP contribution in [0.4, 0.5) is 0 Å². The maximum atomic E-state index is 14.1. The second-order valence-electron chi connectivity index (χ2n) is 11.6. The van der Waals surface area contributed by atoms with Gasteiger partial charge < -0.3 is 31.6 Å². The minimum absolute atomic E-state index is 0.173. The number of aromatic amines is 1. The zero-order chi connectivity index (χ0) is 30.6. The number of rotatable bonds is 6. The molecule has 4 aromatic rings. The van der Waals surface area contributed by atoms with Crippen molar-refractivity contribution in [2.75, 3.05) is 6.54 Å². The highest BCUT2D eigenvalue weighted by atomic mass is 16.2. The number of carbonyl (C=O) groups is 4. The van der Waals surface area contributed by atoms with E-state index in [-0.39, 0.29) is 38.1 Å². The lowest BCUT2D eigenvalue weighted by molar-refractivity contribution is -0.143. The monoisotopic (exact) mass is 592 g/mol. The van der Waals surface area contributed by atoms with Crippen molar-refractivity contribution in [3.8, 4) is 0 Å². The van der Waals surface area contributed by atoms with Crippen molar-refractivity contribution >= 4 is 34.5 Å². The van der Waals surface area contributed by atoms with E-state index in [2.05, 4.69) is 20.9 Å². The van der Waals surface area contributed by atoms with Crippen LogP contribution in [0.25, 0.3) is 10.9 Å². The number of nitrogens with zero attached hydrogens (tertiary/aromatic N) is 1. The Morgan fingerprint density at radius 3 is 1.89 bits per heavy atom. The second-order valence-corrected chi connectivity index (χ2v) is 11.6. The van der Waals surface area contributed by atoms with Gasteiger partial charge in [0.1, 0.15) is 24.2 Å². The van der Waals surface area contributed by atoms with Crippen LogP contribution in [0.1, 0.15) is 23.1 Å². The van der Waals surface area contributed by atoms with Crippen molar-refractivity contribution in [1.82, 2.24) is 25.8 Å². The van der Waals surface area contributed by atoms with Gasteiger partial charge in [0.15, 0.2) is 0 Å². The molecule has 0 spiro atoms. The number of nitrogens with two attached hydrogens (primary N) is 1. The summed E-state index contributed by atoms with van der Waals surface area (Å²) in [5.41, 5.74) is 9.71. The van der Waals surface area contributed by atoms with Crippen molar-refractivity contribution in [2.24, 2.45) is 5.73 Å². The van der Waals surface area contributed by atoms with Crippen molar-refractivity contribution < 1.29 is 19.2 Å². The molecule has 1 aromatic heterocycles. The van der Waals surface area contributed by atoms with Gasteiger partial charge in [0.05, 0.1) is 0 Å². The van der Waals surface area contributed by atoms with Crippen LogP contribution in [0.15, 0.2) is 91.1 Å². The Balaban J connectivity index is 1.37. The summed E-state index contributed by atoms with van der Waals surface area (Å²) in [6.07, 6.45) is 2.69. The zero-order valence-corrected chi connectivity index (χ0v) is 24.2. The van der Waals surface area contributed by atoms with Gasteiger partial charge in [-0.1, -0.05) is 78.9 Å². The lowest BCUT2D eigenvalue weighted by atomic mass is 9.99. The fourth-order valence-electron chi connectivity index (χ4n) is 6.21. The number of hydrogen-bond donors (Lipinski definition) is 5. The molecule has 44 heavy (non-hydrogen) atoms. The molecule has 2 fully saturated rings. The van der Waals surface area contributed by atoms with E-state index in [0.29, 0.717) is 0 Å². The summed E-state index contributed by atoms with van der Waals surface area (Å²) >= 11 is 0. The van der Waals surface area contributed by atoms with Crippen LogP contribution in [0.3, 0.4) is 0 Å². The highest BCUT2D eigenvalue weighted by Crippen LogP contribution is 2.22. The lowest BCUT2D eigenvalue weighted by Crippen LogP contribution is -2.62. The summed E-state index contributed by atoms with van der Waals surface area (Å²) < 4.78 is 0. The number of benzene rings is 3. The number of aromatic nitrogens is 1. The molecule has 6 rings (SSSR count). The minimum Gasteiger partial charge on any atom is -0.361 e. The summed E-state index contributed by atoms with van der Waals surface area (Å²) in [4.78, 5) is 60.5. The Kier molecular flexibility index (Phi) is 8.42. The molecule has 5 atom stereocenters. The number of fused-ring (bicyclic) bond motifs is 2. The second kappa shape index (κ2) is 12.7. The Morgan fingerprint density at radius 1 is 0.659 bits per heavy atom. The maximum absolute atomic E-state index is 14.1. The van der Waals surface area contributed by atoms with Crippen molar-refractivity contribution in [3.05, 3.63) is 108 Å². The van der Waals surface area contributed by atoms with Crippen LogP contribution in [-0.4, -0.2) is 70.3 Å². The number of hydrogen-bond acceptors (Lipinski definition) is 5. The van der Waals surface area contributed by atoms with Gasteiger partial charge in [-0.15, -0.1) is 0 Å². The number of amides is 4. The zero-order valence-electron chi connectivity index (χ0n) is 24.2. The SMILES string of the molecule is N[C@H]1C[C@@H]2C(=O)N[C@@H](Cc3ccccc3)C(=O)N[C@@H](Cc3c[nH]c4ccccc34)C(=O)N[C@@H](Cc3ccccc3)C(=O)N2C1. The molecule has 2 saturated heterocycles. The van der Waals surface area contributed by atoms with Gasteiger partial charge >= 0.3 is 0 Å². The van der Waals surface area contributed by atoms with Gasteiger partial charge in [-0.05, 0) is 29.2 Å². The Labute approximate surface area is 255 Å². The minimum atomic E-state index is -1.01. The molecule has 0 unspecified atom stereocenters. The molecule has 10 nitrogen and oxygen atoms in total. The molecular formula is C34H36N6O4. The molecule has 226 valence electrons. The van der Waals surface area contributed by atoms with Gasteiger partial charge in [-0.2, -0.15) is 0 Å². The van der Waals surface area contributed by atoms with E-state index < -0.39 is 47.9 Å². The first kappa shape index (κ1) is 29.1. The molecule has 0 bridgehead atoms. The molecule has 0 aliphatic carbocycles. The molecule has 3 heterocycles. The number of carbonyl (C=O) groups excluding carboxylic acids is 4. The predicted octanol–water partition coefficient (Wildman–Crippen LogP) is 1.59. The summed E-state index contributed by atoms with van der Waals surface area (Å²) in [6.45, 7) is 0.173. The number of para-hydroxylation sites is 1. The molecule has 2 aliphatic rings. The van der Waals surface area contributed by atoms with Gasteiger partial charge in [-0.25, -0.2) is 0 Å². The highest BCUT2D eigenvalue weighted by molar-refractivity contribution is 5.98. The largest absolute Gasteiger partial charge is 0.361 e. The van der Waals surface area contributed by atoms with Crippen LogP contribution < -0.4 is 21.7 Å². The molecule has 3 aromatic carbocycles. The first-order valence-corrected chi connectivity index (χ1v) is 15.0. The normalized spacial score (nSPS) is 24.6. The van der Waals surface area contributed by atoms with E-state index in [1.54, 1.807) is 0 Å². The Morgan fingerprint density at radius 2 is 1.20 bits per heavy atom. The topological polar surface area (TPSA) is 149 Å². The molecule has 4 amide bonds. The van der Waals surface area contributed by atoms with E-state index in [1.807, 2.05) is 91.1 Å². The fourth-order valence-corrected chi connectivity index (χ4v) is 6.21. The summed E-state index contributed by atoms with van der Waals surface area (Å²) in [5.74, 6) is -1.79. The Bertz CT molecular complexity index is 1660. The van der Waals surface area contributed by atoms with E-state index in [4.69, 9.17) is 5.73 Å². The standard InChI is InChI=1S/C34H36N6O4/c35-24-18-30-33(43)38-27(15-21-9-3-1-4-10-21)31(41)37-28(17-23-19-36-26-14-8-7-13-25(23)26)32(42)39-29(34(44)40(30)20-24)16-22-11-5-2-6-12-22/h1-14,19,24,27-30,36H,15-18,20,35H2,(H,37,41)(H,38,43)(H,39,42)/t24-,27-,28-,29-,30+/m0/s1. The average molecular weight is 593 g/mol. The van der Waals surface area contributed by atoms with E-state index >= 15 is 0 Å². The van der Waals surface area contributed by atoms with Crippen molar-refractivity contribution in [1.29, 1.82) is 0 Å². The smallest absolute Gasteiger partial charge is 0.246 e. The third-order valence-electron chi connectivity index (χ3n) is 8.46. The number of nitrogens with one attached hydrogen (secondary N) is 4. The van der Waals surface area contributed by atoms with Crippen LogP contribution in [0, 0.1) is 0 Å². The van der Waals surface area contributed by atoms with Crippen LogP contribution in [0.5, 0.6) is 0 Å². The first-order chi connectivity index (χ1) is 21.4. The number of H-pyrrole nitrogens is 1. The first-order valence-electron chi connectivity index (χ1n) is 15.0. The highest BCUT2D eigenvalue weighted by Gasteiger charge is 2.43. The summed E-state index contributed by atoms with van der Waals surface area (Å²) in [5, 5.41) is 9.69. The molecule has 2 aliphatic heterocycles. The van der Waals surface area contributed by atoms with Crippen LogP contribution >= 0.6 is 0 Å². The third-order valence-corrected chi connectivity index (χ3v) is 8.46. The van der Waals surface area contributed by atoms with E-state index in [9.17, 15) is 19.2 Å². The van der Waals surface area contributed by atoms with Crippen molar-refractivity contribution in [3.63, 3.8) is 0 Å². The van der Waals surface area contributed by atoms with Crippen molar-refractivity contribution in [2.45, 2.75) is 55.9 Å². The lowest BCUT2D eigenvalue weighted by Gasteiger charge is -2.32. The Hall–Kier alpha value is -4.96. The van der Waals surface area contributed by atoms with Gasteiger partial charge in [0.25, 0.3) is 0 Å². The van der Waals surface area contributed by atoms with Gasteiger partial charge in [0.2, 0.25) is 23.6 Å². The molecule has 0 saturated carbocycles. The third kappa shape index (κ3) is 6.35. The molecule has 10 heteroatoms. The molecule has 0 radical (unpaired) electrons. The fraction of sp³-hybridized carbons (Fsp3) is 0.294.